The highest BCUT2D eigenvalue weighted by Crippen LogP contribution is 2.40. The zero-order valence-corrected chi connectivity index (χ0v) is 14.7. The lowest BCUT2D eigenvalue weighted by Gasteiger charge is -2.20. The minimum Gasteiger partial charge on any atom is -0.462 e. The maximum absolute atomic E-state index is 12.0. The van der Waals surface area contributed by atoms with Gasteiger partial charge in [-0.15, -0.1) is 0 Å². The molecule has 2 rings (SSSR count). The summed E-state index contributed by atoms with van der Waals surface area (Å²) in [5.41, 5.74) is 2.20. The quantitative estimate of drug-likeness (QED) is 0.540. The molecule has 1 heterocycles. The van der Waals surface area contributed by atoms with Gasteiger partial charge in [-0.25, -0.2) is 0 Å². The Morgan fingerprint density at radius 1 is 1.13 bits per heavy atom. The van der Waals surface area contributed by atoms with E-state index in [9.17, 15) is 4.79 Å². The van der Waals surface area contributed by atoms with E-state index in [1.54, 1.807) is 0 Å². The first kappa shape index (κ1) is 17.8. The highest BCUT2D eigenvalue weighted by Gasteiger charge is 2.45. The Morgan fingerprint density at radius 3 is 2.43 bits per heavy atom. The maximum atomic E-state index is 12.0. The van der Waals surface area contributed by atoms with Crippen LogP contribution in [0.4, 0.5) is 5.69 Å². The molecule has 0 amide bonds. The van der Waals surface area contributed by atoms with E-state index in [2.05, 4.69) is 55.7 Å². The number of hydrogen-bond donors (Lipinski definition) is 2. The molecule has 1 fully saturated rings. The van der Waals surface area contributed by atoms with Gasteiger partial charge in [-0.2, -0.15) is 0 Å². The van der Waals surface area contributed by atoms with E-state index in [-0.39, 0.29) is 17.5 Å². The van der Waals surface area contributed by atoms with E-state index in [1.807, 2.05) is 0 Å². The van der Waals surface area contributed by atoms with Gasteiger partial charge in [0.2, 0.25) is 0 Å². The SMILES string of the molecule is CCC1(CC)CC(CCNCCNc2ccc(C)cc2)OC1=O. The third kappa shape index (κ3) is 4.71. The summed E-state index contributed by atoms with van der Waals surface area (Å²) in [6, 6.07) is 8.42. The van der Waals surface area contributed by atoms with Gasteiger partial charge in [-0.3, -0.25) is 4.79 Å². The fraction of sp³-hybridized carbons (Fsp3) is 0.632. The predicted octanol–water partition coefficient (Wildman–Crippen LogP) is 3.51. The topological polar surface area (TPSA) is 50.4 Å². The van der Waals surface area contributed by atoms with Crippen LogP contribution in [0.1, 0.15) is 45.1 Å². The molecule has 1 aromatic carbocycles. The number of nitrogens with one attached hydrogen (secondary N) is 2. The molecule has 2 N–H and O–H groups in total. The van der Waals surface area contributed by atoms with Crippen molar-refractivity contribution in [2.75, 3.05) is 25.0 Å². The van der Waals surface area contributed by atoms with Crippen LogP contribution in [0, 0.1) is 12.3 Å². The van der Waals surface area contributed by atoms with Crippen LogP contribution in [0.5, 0.6) is 0 Å². The van der Waals surface area contributed by atoms with Crippen LogP contribution in [0.3, 0.4) is 0 Å². The van der Waals surface area contributed by atoms with E-state index < -0.39 is 0 Å². The van der Waals surface area contributed by atoms with Gasteiger partial charge in [0, 0.05) is 25.2 Å². The van der Waals surface area contributed by atoms with Crippen LogP contribution in [-0.2, 0) is 9.53 Å². The van der Waals surface area contributed by atoms with Crippen LogP contribution in [0.25, 0.3) is 0 Å². The van der Waals surface area contributed by atoms with Crippen molar-refractivity contribution in [1.29, 1.82) is 0 Å². The smallest absolute Gasteiger partial charge is 0.312 e. The molecular weight excluding hydrogens is 288 g/mol. The molecule has 1 unspecified atom stereocenters. The first-order valence-corrected chi connectivity index (χ1v) is 8.82. The zero-order chi connectivity index (χ0) is 16.7. The van der Waals surface area contributed by atoms with Crippen molar-refractivity contribution in [3.8, 4) is 0 Å². The van der Waals surface area contributed by atoms with E-state index in [0.717, 1.165) is 51.0 Å². The number of cyclic esters (lactones) is 1. The number of carbonyl (C=O) groups is 1. The molecule has 0 bridgehead atoms. The first-order valence-electron chi connectivity index (χ1n) is 8.82. The Kier molecular flexibility index (Phi) is 6.46. The number of carbonyl (C=O) groups excluding carboxylic acids is 1. The number of anilines is 1. The van der Waals surface area contributed by atoms with Gasteiger partial charge in [0.15, 0.2) is 0 Å². The highest BCUT2D eigenvalue weighted by molar-refractivity contribution is 5.78. The van der Waals surface area contributed by atoms with Crippen LogP contribution < -0.4 is 10.6 Å². The Morgan fingerprint density at radius 2 is 1.83 bits per heavy atom. The highest BCUT2D eigenvalue weighted by atomic mass is 16.6. The van der Waals surface area contributed by atoms with Crippen LogP contribution >= 0.6 is 0 Å². The molecule has 0 radical (unpaired) electrons. The molecular formula is C19H30N2O2. The Hall–Kier alpha value is -1.55. The minimum atomic E-state index is -0.225. The largest absolute Gasteiger partial charge is 0.462 e. The number of aryl methyl sites for hydroxylation is 1. The van der Waals surface area contributed by atoms with E-state index in [4.69, 9.17) is 4.74 Å². The molecule has 1 aliphatic rings. The van der Waals surface area contributed by atoms with Gasteiger partial charge >= 0.3 is 5.97 Å². The summed E-state index contributed by atoms with van der Waals surface area (Å²) >= 11 is 0. The third-order valence-electron chi connectivity index (χ3n) is 5.00. The van der Waals surface area contributed by atoms with Gasteiger partial charge in [0.05, 0.1) is 5.41 Å². The number of esters is 1. The second kappa shape index (κ2) is 8.34. The summed E-state index contributed by atoms with van der Waals surface area (Å²) in [7, 11) is 0. The summed E-state index contributed by atoms with van der Waals surface area (Å²) in [5.74, 6) is 0.00791. The lowest BCUT2D eigenvalue weighted by molar-refractivity contribution is -0.149. The third-order valence-corrected chi connectivity index (χ3v) is 5.00. The predicted molar refractivity (Wildman–Crippen MR) is 94.7 cm³/mol. The molecule has 1 aliphatic heterocycles. The van der Waals surface area contributed by atoms with E-state index in [0.29, 0.717) is 0 Å². The minimum absolute atomic E-state index is 0.00791. The second-order valence-electron chi connectivity index (χ2n) is 6.55. The molecule has 128 valence electrons. The Labute approximate surface area is 140 Å². The average Bonchev–Trinajstić information content (AvgIpc) is 2.88. The average molecular weight is 318 g/mol. The van der Waals surface area contributed by atoms with Crippen molar-refractivity contribution in [1.82, 2.24) is 5.32 Å². The van der Waals surface area contributed by atoms with Crippen molar-refractivity contribution in [2.45, 2.75) is 52.6 Å². The monoisotopic (exact) mass is 318 g/mol. The van der Waals surface area contributed by atoms with Gasteiger partial charge in [-0.1, -0.05) is 31.5 Å². The summed E-state index contributed by atoms with van der Waals surface area (Å²) in [4.78, 5) is 12.0. The molecule has 0 spiro atoms. The molecule has 1 saturated heterocycles. The zero-order valence-electron chi connectivity index (χ0n) is 14.7. The lowest BCUT2D eigenvalue weighted by Crippen LogP contribution is -2.26. The fourth-order valence-corrected chi connectivity index (χ4v) is 3.18. The summed E-state index contributed by atoms with van der Waals surface area (Å²) in [6.07, 6.45) is 3.62. The number of hydrogen-bond acceptors (Lipinski definition) is 4. The summed E-state index contributed by atoms with van der Waals surface area (Å²) < 4.78 is 5.55. The van der Waals surface area contributed by atoms with Gasteiger partial charge in [0.25, 0.3) is 0 Å². The van der Waals surface area contributed by atoms with Gasteiger partial charge < -0.3 is 15.4 Å². The molecule has 1 aromatic rings. The number of rotatable bonds is 9. The van der Waals surface area contributed by atoms with Gasteiger partial charge in [0.1, 0.15) is 6.10 Å². The lowest BCUT2D eigenvalue weighted by atomic mass is 9.79. The van der Waals surface area contributed by atoms with Crippen molar-refractivity contribution >= 4 is 11.7 Å². The number of benzene rings is 1. The molecule has 4 nitrogen and oxygen atoms in total. The molecule has 1 atom stereocenters. The Balaban J connectivity index is 1.59. The van der Waals surface area contributed by atoms with Crippen molar-refractivity contribution < 1.29 is 9.53 Å². The normalized spacial score (nSPS) is 19.6. The summed E-state index contributed by atoms with van der Waals surface area (Å²) in [6.45, 7) is 8.94. The van der Waals surface area contributed by atoms with Crippen molar-refractivity contribution in [3.05, 3.63) is 29.8 Å². The molecule has 0 saturated carbocycles. The number of ether oxygens (including phenoxy) is 1. The van der Waals surface area contributed by atoms with Gasteiger partial charge in [-0.05, 0) is 44.9 Å². The molecule has 4 heteroatoms. The summed E-state index contributed by atoms with van der Waals surface area (Å²) in [5, 5.41) is 6.81. The molecule has 0 aliphatic carbocycles. The fourth-order valence-electron chi connectivity index (χ4n) is 3.18. The van der Waals surface area contributed by atoms with Crippen molar-refractivity contribution in [3.63, 3.8) is 0 Å². The second-order valence-corrected chi connectivity index (χ2v) is 6.55. The van der Waals surface area contributed by atoms with Crippen molar-refractivity contribution in [2.24, 2.45) is 5.41 Å². The Bertz CT molecular complexity index is 495. The molecule has 0 aromatic heterocycles. The maximum Gasteiger partial charge on any atom is 0.312 e. The van der Waals surface area contributed by atoms with E-state index >= 15 is 0 Å². The van der Waals surface area contributed by atoms with Crippen LogP contribution in [0.15, 0.2) is 24.3 Å². The molecule has 23 heavy (non-hydrogen) atoms. The standard InChI is InChI=1S/C19H30N2O2/c1-4-19(5-2)14-17(23-18(19)22)10-11-20-12-13-21-16-8-6-15(3)7-9-16/h6-9,17,20-21H,4-5,10-14H2,1-3H3. The van der Waals surface area contributed by atoms with Crippen LogP contribution in [0.2, 0.25) is 0 Å². The first-order chi connectivity index (χ1) is 11.1. The van der Waals surface area contributed by atoms with E-state index in [1.165, 1.54) is 5.56 Å². The van der Waals surface area contributed by atoms with Crippen LogP contribution in [-0.4, -0.2) is 31.7 Å².